The predicted octanol–water partition coefficient (Wildman–Crippen LogP) is 3.22. The first kappa shape index (κ1) is 15.9. The number of benzene rings is 1. The number of nitrogens with zero attached hydrogens (tertiary/aromatic N) is 2. The molecule has 0 aliphatic carbocycles. The summed E-state index contributed by atoms with van der Waals surface area (Å²) >= 11 is 0. The number of carbonyl (C=O) groups is 1. The van der Waals surface area contributed by atoms with E-state index in [0.29, 0.717) is 22.7 Å². The maximum absolute atomic E-state index is 12.6. The third-order valence-electron chi connectivity index (χ3n) is 4.02. The molecule has 2 aromatic heterocycles. The van der Waals surface area contributed by atoms with E-state index in [1.807, 2.05) is 36.6 Å². The van der Waals surface area contributed by atoms with Gasteiger partial charge in [-0.05, 0) is 44.2 Å². The van der Waals surface area contributed by atoms with Crippen LogP contribution < -0.4 is 14.8 Å². The molecule has 2 heterocycles. The third kappa shape index (κ3) is 2.67. The number of rotatable bonds is 4. The van der Waals surface area contributed by atoms with Crippen molar-refractivity contribution in [2.24, 2.45) is 0 Å². The minimum Gasteiger partial charge on any atom is -0.493 e. The Hall–Kier alpha value is -3.02. The Morgan fingerprint density at radius 2 is 1.88 bits per heavy atom. The smallest absolute Gasteiger partial charge is 0.255 e. The summed E-state index contributed by atoms with van der Waals surface area (Å²) in [5.74, 6) is 0.855. The molecule has 6 heteroatoms. The molecule has 124 valence electrons. The van der Waals surface area contributed by atoms with E-state index in [0.717, 1.165) is 17.0 Å². The summed E-state index contributed by atoms with van der Waals surface area (Å²) in [6.45, 7) is 3.94. The van der Waals surface area contributed by atoms with E-state index in [9.17, 15) is 4.79 Å². The van der Waals surface area contributed by atoms with Gasteiger partial charge in [0.05, 0.1) is 25.6 Å². The quantitative estimate of drug-likeness (QED) is 0.800. The Bertz CT molecular complexity index is 915. The summed E-state index contributed by atoms with van der Waals surface area (Å²) in [4.78, 5) is 17.1. The van der Waals surface area contributed by atoms with E-state index in [1.54, 1.807) is 25.3 Å². The van der Waals surface area contributed by atoms with Gasteiger partial charge in [-0.3, -0.25) is 4.79 Å². The first-order chi connectivity index (χ1) is 11.5. The average molecular weight is 325 g/mol. The molecule has 1 amide bonds. The van der Waals surface area contributed by atoms with E-state index in [4.69, 9.17) is 9.47 Å². The third-order valence-corrected chi connectivity index (χ3v) is 4.02. The molecule has 6 nitrogen and oxygen atoms in total. The maximum atomic E-state index is 12.6. The number of amides is 1. The van der Waals surface area contributed by atoms with Gasteiger partial charge in [-0.2, -0.15) is 0 Å². The van der Waals surface area contributed by atoms with E-state index < -0.39 is 0 Å². The lowest BCUT2D eigenvalue weighted by Gasteiger charge is -2.10. The second-order valence-electron chi connectivity index (χ2n) is 5.42. The number of fused-ring (bicyclic) bond motifs is 1. The lowest BCUT2D eigenvalue weighted by atomic mass is 10.2. The molecule has 3 rings (SSSR count). The van der Waals surface area contributed by atoms with Gasteiger partial charge in [-0.15, -0.1) is 0 Å². The van der Waals surface area contributed by atoms with Crippen LogP contribution in [0.1, 0.15) is 21.7 Å². The standard InChI is InChI=1S/C18H19N3O3/c1-11-12(2)21-9-5-6-14(17(21)19-11)20-18(22)13-7-8-15(23-3)16(10-13)24-4/h5-10H,1-4H3,(H,20,22). The van der Waals surface area contributed by atoms with Crippen LogP contribution in [-0.4, -0.2) is 29.5 Å². The van der Waals surface area contributed by atoms with Crippen molar-refractivity contribution < 1.29 is 14.3 Å². The fourth-order valence-corrected chi connectivity index (χ4v) is 2.57. The van der Waals surface area contributed by atoms with Crippen LogP contribution in [0.4, 0.5) is 5.69 Å². The van der Waals surface area contributed by atoms with Crippen LogP contribution >= 0.6 is 0 Å². The Morgan fingerprint density at radius 1 is 1.12 bits per heavy atom. The molecule has 0 fully saturated rings. The highest BCUT2D eigenvalue weighted by molar-refractivity contribution is 6.06. The molecule has 0 saturated carbocycles. The van der Waals surface area contributed by atoms with Gasteiger partial charge in [-0.1, -0.05) is 0 Å². The zero-order valence-corrected chi connectivity index (χ0v) is 14.1. The molecule has 0 aliphatic heterocycles. The number of nitrogens with one attached hydrogen (secondary N) is 1. The Morgan fingerprint density at radius 3 is 2.58 bits per heavy atom. The van der Waals surface area contributed by atoms with Crippen molar-refractivity contribution in [1.29, 1.82) is 0 Å². The van der Waals surface area contributed by atoms with Crippen molar-refractivity contribution in [1.82, 2.24) is 9.38 Å². The second-order valence-corrected chi connectivity index (χ2v) is 5.42. The molecule has 3 aromatic rings. The summed E-state index contributed by atoms with van der Waals surface area (Å²) in [5.41, 5.74) is 3.85. The zero-order chi connectivity index (χ0) is 17.3. The molecule has 24 heavy (non-hydrogen) atoms. The molecule has 0 saturated heterocycles. The number of pyridine rings is 1. The summed E-state index contributed by atoms with van der Waals surface area (Å²) in [7, 11) is 3.09. The highest BCUT2D eigenvalue weighted by Crippen LogP contribution is 2.28. The highest BCUT2D eigenvalue weighted by atomic mass is 16.5. The molecule has 0 aliphatic rings. The molecule has 0 bridgehead atoms. The average Bonchev–Trinajstić information content (AvgIpc) is 2.90. The lowest BCUT2D eigenvalue weighted by Crippen LogP contribution is -2.13. The number of aromatic nitrogens is 2. The topological polar surface area (TPSA) is 64.9 Å². The normalized spacial score (nSPS) is 10.7. The van der Waals surface area contributed by atoms with Crippen molar-refractivity contribution in [3.8, 4) is 11.5 Å². The van der Waals surface area contributed by atoms with Crippen LogP contribution in [0.2, 0.25) is 0 Å². The van der Waals surface area contributed by atoms with E-state index in [-0.39, 0.29) is 5.91 Å². The monoisotopic (exact) mass is 325 g/mol. The molecule has 0 unspecified atom stereocenters. The first-order valence-electron chi connectivity index (χ1n) is 7.52. The Labute approximate surface area is 140 Å². The summed E-state index contributed by atoms with van der Waals surface area (Å²) in [6.07, 6.45) is 1.93. The zero-order valence-electron chi connectivity index (χ0n) is 14.1. The van der Waals surface area contributed by atoms with E-state index in [2.05, 4.69) is 10.3 Å². The number of hydrogen-bond acceptors (Lipinski definition) is 4. The van der Waals surface area contributed by atoms with Gasteiger partial charge in [0.15, 0.2) is 17.1 Å². The largest absolute Gasteiger partial charge is 0.493 e. The molecule has 1 aromatic carbocycles. The van der Waals surface area contributed by atoms with Crippen molar-refractivity contribution >= 4 is 17.2 Å². The first-order valence-corrected chi connectivity index (χ1v) is 7.52. The van der Waals surface area contributed by atoms with Gasteiger partial charge in [0, 0.05) is 17.5 Å². The minimum atomic E-state index is -0.234. The van der Waals surface area contributed by atoms with Gasteiger partial charge >= 0.3 is 0 Å². The number of carbonyl (C=O) groups excluding carboxylic acids is 1. The second kappa shape index (κ2) is 6.23. The van der Waals surface area contributed by atoms with Crippen LogP contribution in [-0.2, 0) is 0 Å². The number of aryl methyl sites for hydroxylation is 2. The summed E-state index contributed by atoms with van der Waals surface area (Å²) in [5, 5.41) is 2.91. The maximum Gasteiger partial charge on any atom is 0.255 e. The molecule has 0 atom stereocenters. The van der Waals surface area contributed by atoms with Crippen LogP contribution in [0.3, 0.4) is 0 Å². The molecule has 0 radical (unpaired) electrons. The van der Waals surface area contributed by atoms with Crippen molar-refractivity contribution in [3.05, 3.63) is 53.5 Å². The van der Waals surface area contributed by atoms with Crippen molar-refractivity contribution in [2.45, 2.75) is 13.8 Å². The predicted molar refractivity (Wildman–Crippen MR) is 92.2 cm³/mol. The van der Waals surface area contributed by atoms with Crippen LogP contribution in [0, 0.1) is 13.8 Å². The molecule has 0 spiro atoms. The lowest BCUT2D eigenvalue weighted by molar-refractivity contribution is 0.102. The van der Waals surface area contributed by atoms with Gasteiger partial charge in [0.25, 0.3) is 5.91 Å². The van der Waals surface area contributed by atoms with Gasteiger partial charge in [0.1, 0.15) is 0 Å². The summed E-state index contributed by atoms with van der Waals surface area (Å²) < 4.78 is 12.4. The van der Waals surface area contributed by atoms with Gasteiger partial charge in [-0.25, -0.2) is 4.98 Å². The SMILES string of the molecule is COc1ccc(C(=O)Nc2cccn3c(C)c(C)nc23)cc1OC. The Balaban J connectivity index is 1.94. The molecular formula is C18H19N3O3. The molecular weight excluding hydrogens is 306 g/mol. The van der Waals surface area contributed by atoms with E-state index >= 15 is 0 Å². The van der Waals surface area contributed by atoms with E-state index in [1.165, 1.54) is 7.11 Å². The molecule has 1 N–H and O–H groups in total. The number of hydrogen-bond donors (Lipinski definition) is 1. The van der Waals surface area contributed by atoms with Crippen LogP contribution in [0.5, 0.6) is 11.5 Å². The number of imidazole rings is 1. The van der Waals surface area contributed by atoms with Crippen molar-refractivity contribution in [2.75, 3.05) is 19.5 Å². The number of methoxy groups -OCH3 is 2. The number of anilines is 1. The van der Waals surface area contributed by atoms with Crippen molar-refractivity contribution in [3.63, 3.8) is 0 Å². The minimum absolute atomic E-state index is 0.234. The van der Waals surface area contributed by atoms with Gasteiger partial charge < -0.3 is 19.2 Å². The number of ether oxygens (including phenoxy) is 2. The highest BCUT2D eigenvalue weighted by Gasteiger charge is 2.14. The Kier molecular flexibility index (Phi) is 4.12. The fourth-order valence-electron chi connectivity index (χ4n) is 2.57. The van der Waals surface area contributed by atoms with Crippen LogP contribution in [0.15, 0.2) is 36.5 Å². The van der Waals surface area contributed by atoms with Gasteiger partial charge in [0.2, 0.25) is 0 Å². The summed E-state index contributed by atoms with van der Waals surface area (Å²) in [6, 6.07) is 8.76. The van der Waals surface area contributed by atoms with Crippen LogP contribution in [0.25, 0.3) is 5.65 Å². The fraction of sp³-hybridized carbons (Fsp3) is 0.222.